The fraction of sp³-hybridized carbons (Fsp3) is 0.407. The van der Waals surface area contributed by atoms with E-state index in [-0.39, 0.29) is 23.8 Å². The molecule has 4 heterocycles. The monoisotopic (exact) mass is 536 g/mol. The van der Waals surface area contributed by atoms with E-state index in [1.54, 1.807) is 16.4 Å². The quantitative estimate of drug-likeness (QED) is 0.410. The van der Waals surface area contributed by atoms with Gasteiger partial charge >= 0.3 is 0 Å². The van der Waals surface area contributed by atoms with Gasteiger partial charge in [0.2, 0.25) is 6.79 Å². The minimum atomic E-state index is -0.288. The molecule has 0 radical (unpaired) electrons. The van der Waals surface area contributed by atoms with Gasteiger partial charge in [-0.05, 0) is 61.9 Å². The molecular formula is C27H28N4O4S2. The highest BCUT2D eigenvalue weighted by atomic mass is 32.2. The molecule has 5 rings (SSSR count). The van der Waals surface area contributed by atoms with E-state index in [1.165, 1.54) is 11.8 Å². The summed E-state index contributed by atoms with van der Waals surface area (Å²) in [5.74, 6) is 2.53. The van der Waals surface area contributed by atoms with Crippen molar-refractivity contribution in [2.24, 2.45) is 5.92 Å². The predicted octanol–water partition coefficient (Wildman–Crippen LogP) is 4.41. The van der Waals surface area contributed by atoms with Crippen LogP contribution in [-0.4, -0.2) is 39.6 Å². The zero-order chi connectivity index (χ0) is 26.3. The Labute approximate surface area is 225 Å². The number of thiocarbonyl (C=S) groups is 1. The first kappa shape index (κ1) is 25.4. The van der Waals surface area contributed by atoms with Crippen molar-refractivity contribution in [2.45, 2.75) is 46.7 Å². The Balaban J connectivity index is 1.53. The van der Waals surface area contributed by atoms with E-state index < -0.39 is 0 Å². The van der Waals surface area contributed by atoms with E-state index in [4.69, 9.17) is 21.7 Å². The maximum Gasteiger partial charge on any atom is 0.270 e. The van der Waals surface area contributed by atoms with Gasteiger partial charge in [0, 0.05) is 25.2 Å². The number of rotatable bonds is 5. The van der Waals surface area contributed by atoms with Crippen LogP contribution < -0.4 is 19.9 Å². The molecule has 8 nitrogen and oxygen atoms in total. The Kier molecular flexibility index (Phi) is 7.01. The molecule has 0 saturated carbocycles. The number of piperidine rings is 1. The number of benzene rings is 1. The summed E-state index contributed by atoms with van der Waals surface area (Å²) in [6, 6.07) is 7.68. The summed E-state index contributed by atoms with van der Waals surface area (Å²) >= 11 is 6.83. The SMILES string of the molecule is CCn1c(N2CCC(C)CC2)c(/C=C2\SC(=S)N(Cc3ccc4c(c3)OCO4)C2=O)c(C)c(C#N)c1=O. The second-order valence-corrected chi connectivity index (χ2v) is 11.2. The van der Waals surface area contributed by atoms with E-state index in [9.17, 15) is 14.9 Å². The van der Waals surface area contributed by atoms with Gasteiger partial charge in [-0.25, -0.2) is 0 Å². The zero-order valence-corrected chi connectivity index (χ0v) is 22.7. The topological polar surface area (TPSA) is 87.8 Å². The molecule has 1 aromatic heterocycles. The Morgan fingerprint density at radius 2 is 1.95 bits per heavy atom. The number of thioether (sulfide) groups is 1. The molecule has 0 N–H and O–H groups in total. The lowest BCUT2D eigenvalue weighted by molar-refractivity contribution is -0.122. The number of amides is 1. The Morgan fingerprint density at radius 1 is 1.22 bits per heavy atom. The number of fused-ring (bicyclic) bond motifs is 1. The number of nitrogens with zero attached hydrogens (tertiary/aromatic N) is 4. The molecule has 0 unspecified atom stereocenters. The summed E-state index contributed by atoms with van der Waals surface area (Å²) in [6.07, 6.45) is 3.86. The van der Waals surface area contributed by atoms with Crippen molar-refractivity contribution in [2.75, 3.05) is 24.8 Å². The van der Waals surface area contributed by atoms with Crippen molar-refractivity contribution in [3.63, 3.8) is 0 Å². The van der Waals surface area contributed by atoms with E-state index >= 15 is 0 Å². The van der Waals surface area contributed by atoms with E-state index in [1.807, 2.05) is 31.2 Å². The molecule has 10 heteroatoms. The zero-order valence-electron chi connectivity index (χ0n) is 21.1. The average molecular weight is 537 g/mol. The smallest absolute Gasteiger partial charge is 0.270 e. The molecule has 1 amide bonds. The van der Waals surface area contributed by atoms with Gasteiger partial charge in [0.1, 0.15) is 21.8 Å². The fourth-order valence-corrected chi connectivity index (χ4v) is 6.22. The summed E-state index contributed by atoms with van der Waals surface area (Å²) < 4.78 is 13.0. The van der Waals surface area contributed by atoms with Gasteiger partial charge in [-0.3, -0.25) is 19.1 Å². The lowest BCUT2D eigenvalue weighted by atomic mass is 9.97. The highest BCUT2D eigenvalue weighted by Crippen LogP contribution is 2.38. The molecule has 2 fully saturated rings. The summed E-state index contributed by atoms with van der Waals surface area (Å²) in [6.45, 7) is 8.49. The molecular weight excluding hydrogens is 508 g/mol. The third-order valence-corrected chi connectivity index (χ3v) is 8.55. The van der Waals surface area contributed by atoms with Crippen LogP contribution in [-0.2, 0) is 17.9 Å². The van der Waals surface area contributed by atoms with Crippen LogP contribution in [0.2, 0.25) is 0 Å². The van der Waals surface area contributed by atoms with Gasteiger partial charge in [-0.2, -0.15) is 5.26 Å². The summed E-state index contributed by atoms with van der Waals surface area (Å²) in [5, 5.41) is 9.79. The number of carbonyl (C=O) groups excluding carboxylic acids is 1. The van der Waals surface area contributed by atoms with Gasteiger partial charge in [0.05, 0.1) is 11.4 Å². The maximum atomic E-state index is 13.5. The van der Waals surface area contributed by atoms with Gasteiger partial charge in [-0.1, -0.05) is 37.0 Å². The van der Waals surface area contributed by atoms with Crippen LogP contribution in [0.3, 0.4) is 0 Å². The van der Waals surface area contributed by atoms with Crippen molar-refractivity contribution in [1.82, 2.24) is 9.47 Å². The van der Waals surface area contributed by atoms with Crippen molar-refractivity contribution >= 4 is 46.1 Å². The molecule has 1 aromatic carbocycles. The Hall–Kier alpha value is -3.29. The average Bonchev–Trinajstić information content (AvgIpc) is 3.46. The van der Waals surface area contributed by atoms with Crippen LogP contribution in [0.4, 0.5) is 5.82 Å². The minimum absolute atomic E-state index is 0.109. The first-order valence-electron chi connectivity index (χ1n) is 12.4. The van der Waals surface area contributed by atoms with Crippen molar-refractivity contribution in [3.8, 4) is 17.6 Å². The number of nitriles is 1. The summed E-state index contributed by atoms with van der Waals surface area (Å²) in [4.78, 5) is 31.0. The molecule has 3 aliphatic heterocycles. The Morgan fingerprint density at radius 3 is 2.65 bits per heavy atom. The molecule has 2 saturated heterocycles. The number of ether oxygens (including phenoxy) is 2. The third kappa shape index (κ3) is 4.62. The molecule has 0 spiro atoms. The fourth-order valence-electron chi connectivity index (χ4n) is 4.99. The van der Waals surface area contributed by atoms with Gasteiger partial charge < -0.3 is 14.4 Å². The molecule has 2 aromatic rings. The second-order valence-electron chi connectivity index (χ2n) is 9.52. The molecule has 3 aliphatic rings. The molecule has 192 valence electrons. The second kappa shape index (κ2) is 10.2. The van der Waals surface area contributed by atoms with Gasteiger partial charge in [0.25, 0.3) is 11.5 Å². The molecule has 0 aliphatic carbocycles. The number of aromatic nitrogens is 1. The maximum absolute atomic E-state index is 13.5. The minimum Gasteiger partial charge on any atom is -0.454 e. The lowest BCUT2D eigenvalue weighted by Gasteiger charge is -2.35. The van der Waals surface area contributed by atoms with Crippen molar-refractivity contribution in [1.29, 1.82) is 5.26 Å². The normalized spacial score (nSPS) is 18.7. The summed E-state index contributed by atoms with van der Waals surface area (Å²) in [7, 11) is 0. The third-order valence-electron chi connectivity index (χ3n) is 7.17. The standard InChI is InChI=1S/C27H28N4O4S2/c1-4-30-24(29-9-7-16(2)8-10-29)19(17(3)20(13-28)25(30)32)12-23-26(33)31(27(36)37-23)14-18-5-6-21-22(11-18)35-15-34-21/h5-6,11-12,16H,4,7-10,14-15H2,1-3H3/b23-12-. The van der Waals surface area contributed by atoms with E-state index in [0.29, 0.717) is 45.3 Å². The van der Waals surface area contributed by atoms with Gasteiger partial charge in [0.15, 0.2) is 11.5 Å². The van der Waals surface area contributed by atoms with E-state index in [2.05, 4.69) is 17.9 Å². The van der Waals surface area contributed by atoms with E-state index in [0.717, 1.165) is 42.9 Å². The number of hydrogen-bond acceptors (Lipinski definition) is 8. The highest BCUT2D eigenvalue weighted by molar-refractivity contribution is 8.26. The number of pyridine rings is 1. The van der Waals surface area contributed by atoms with Crippen LogP contribution in [0.25, 0.3) is 6.08 Å². The molecule has 0 bridgehead atoms. The van der Waals surface area contributed by atoms with Crippen LogP contribution in [0.15, 0.2) is 27.9 Å². The first-order valence-corrected chi connectivity index (χ1v) is 13.6. The van der Waals surface area contributed by atoms with Crippen LogP contribution >= 0.6 is 24.0 Å². The molecule has 0 atom stereocenters. The van der Waals surface area contributed by atoms with Gasteiger partial charge in [-0.15, -0.1) is 0 Å². The van der Waals surface area contributed by atoms with Crippen molar-refractivity contribution in [3.05, 3.63) is 55.7 Å². The number of hydrogen-bond donors (Lipinski definition) is 0. The number of carbonyl (C=O) groups is 1. The predicted molar refractivity (Wildman–Crippen MR) is 148 cm³/mol. The largest absolute Gasteiger partial charge is 0.454 e. The Bertz CT molecular complexity index is 1420. The van der Waals surface area contributed by atoms with Crippen molar-refractivity contribution < 1.29 is 14.3 Å². The highest BCUT2D eigenvalue weighted by Gasteiger charge is 2.34. The van der Waals surface area contributed by atoms with Crippen LogP contribution in [0.1, 0.15) is 48.9 Å². The first-order chi connectivity index (χ1) is 17.8. The molecule has 37 heavy (non-hydrogen) atoms. The lowest BCUT2D eigenvalue weighted by Crippen LogP contribution is -2.39. The summed E-state index contributed by atoms with van der Waals surface area (Å²) in [5.41, 5.74) is 2.03. The van der Waals surface area contributed by atoms with Crippen LogP contribution in [0.5, 0.6) is 11.5 Å². The number of anilines is 1. The van der Waals surface area contributed by atoms with Crippen LogP contribution in [0, 0.1) is 24.2 Å².